The van der Waals surface area contributed by atoms with Gasteiger partial charge >= 0.3 is 0 Å². The Balaban J connectivity index is 2.08. The van der Waals surface area contributed by atoms with Crippen molar-refractivity contribution in [2.24, 2.45) is 14.1 Å². The van der Waals surface area contributed by atoms with Crippen LogP contribution in [0.2, 0.25) is 0 Å². The third-order valence-electron chi connectivity index (χ3n) is 3.46. The van der Waals surface area contributed by atoms with Gasteiger partial charge in [-0.1, -0.05) is 6.92 Å². The SMILES string of the molecule is CCNC(CCc1ccnn1C)c1cc(C)nn1C. The van der Waals surface area contributed by atoms with Crippen molar-refractivity contribution < 1.29 is 0 Å². The Morgan fingerprint density at radius 3 is 2.63 bits per heavy atom. The molecule has 0 spiro atoms. The van der Waals surface area contributed by atoms with Crippen LogP contribution in [0.5, 0.6) is 0 Å². The van der Waals surface area contributed by atoms with Crippen molar-refractivity contribution in [2.45, 2.75) is 32.7 Å². The van der Waals surface area contributed by atoms with Crippen LogP contribution < -0.4 is 5.32 Å². The molecule has 0 radical (unpaired) electrons. The number of nitrogens with one attached hydrogen (secondary N) is 1. The quantitative estimate of drug-likeness (QED) is 0.861. The normalized spacial score (nSPS) is 12.8. The fourth-order valence-electron chi connectivity index (χ4n) is 2.50. The minimum Gasteiger partial charge on any atom is -0.309 e. The van der Waals surface area contributed by atoms with E-state index in [1.807, 2.05) is 36.6 Å². The molecule has 104 valence electrons. The Hall–Kier alpha value is -1.62. The van der Waals surface area contributed by atoms with Gasteiger partial charge in [0.1, 0.15) is 0 Å². The van der Waals surface area contributed by atoms with Crippen molar-refractivity contribution in [2.75, 3.05) is 6.54 Å². The van der Waals surface area contributed by atoms with E-state index in [0.717, 1.165) is 25.1 Å². The summed E-state index contributed by atoms with van der Waals surface area (Å²) in [7, 11) is 4.00. The van der Waals surface area contributed by atoms with Crippen LogP contribution in [0.25, 0.3) is 0 Å². The predicted molar refractivity (Wildman–Crippen MR) is 75.9 cm³/mol. The van der Waals surface area contributed by atoms with E-state index < -0.39 is 0 Å². The lowest BCUT2D eigenvalue weighted by Gasteiger charge is -2.18. The summed E-state index contributed by atoms with van der Waals surface area (Å²) < 4.78 is 3.92. The highest BCUT2D eigenvalue weighted by molar-refractivity contribution is 5.14. The van der Waals surface area contributed by atoms with Crippen LogP contribution in [-0.2, 0) is 20.5 Å². The second-order valence-electron chi connectivity index (χ2n) is 4.93. The van der Waals surface area contributed by atoms with Crippen molar-refractivity contribution in [1.29, 1.82) is 0 Å². The molecule has 0 amide bonds. The highest BCUT2D eigenvalue weighted by atomic mass is 15.3. The molecule has 2 aromatic heterocycles. The van der Waals surface area contributed by atoms with Crippen molar-refractivity contribution >= 4 is 0 Å². The summed E-state index contributed by atoms with van der Waals surface area (Å²) in [6.07, 6.45) is 3.91. The van der Waals surface area contributed by atoms with Gasteiger partial charge in [0.2, 0.25) is 0 Å². The summed E-state index contributed by atoms with van der Waals surface area (Å²) in [5, 5.41) is 12.2. The first kappa shape index (κ1) is 13.8. The molecule has 5 nitrogen and oxygen atoms in total. The maximum Gasteiger partial charge on any atom is 0.0597 e. The zero-order chi connectivity index (χ0) is 13.8. The van der Waals surface area contributed by atoms with E-state index in [-0.39, 0.29) is 0 Å². The fraction of sp³-hybridized carbons (Fsp3) is 0.571. The number of nitrogens with zero attached hydrogens (tertiary/aromatic N) is 4. The highest BCUT2D eigenvalue weighted by Crippen LogP contribution is 2.19. The summed E-state index contributed by atoms with van der Waals surface area (Å²) in [5.74, 6) is 0. The van der Waals surface area contributed by atoms with Crippen molar-refractivity contribution in [3.8, 4) is 0 Å². The lowest BCUT2D eigenvalue weighted by molar-refractivity contribution is 0.474. The lowest BCUT2D eigenvalue weighted by atomic mass is 10.1. The van der Waals surface area contributed by atoms with Crippen LogP contribution in [0.1, 0.15) is 36.5 Å². The molecule has 0 bridgehead atoms. The van der Waals surface area contributed by atoms with E-state index >= 15 is 0 Å². The van der Waals surface area contributed by atoms with Gasteiger partial charge in [0, 0.05) is 32.0 Å². The summed E-state index contributed by atoms with van der Waals surface area (Å²) in [6.45, 7) is 5.13. The minimum atomic E-state index is 0.339. The summed E-state index contributed by atoms with van der Waals surface area (Å²) in [4.78, 5) is 0. The Morgan fingerprint density at radius 1 is 1.32 bits per heavy atom. The van der Waals surface area contributed by atoms with E-state index in [2.05, 4.69) is 34.6 Å². The zero-order valence-electron chi connectivity index (χ0n) is 12.2. The monoisotopic (exact) mass is 261 g/mol. The van der Waals surface area contributed by atoms with E-state index in [1.165, 1.54) is 11.4 Å². The number of rotatable bonds is 6. The van der Waals surface area contributed by atoms with Crippen molar-refractivity contribution in [3.63, 3.8) is 0 Å². The topological polar surface area (TPSA) is 47.7 Å². The van der Waals surface area contributed by atoms with Gasteiger partial charge < -0.3 is 5.32 Å². The average Bonchev–Trinajstić information content (AvgIpc) is 2.91. The summed E-state index contributed by atoms with van der Waals surface area (Å²) >= 11 is 0. The summed E-state index contributed by atoms with van der Waals surface area (Å²) in [6, 6.07) is 4.58. The molecule has 1 unspecified atom stereocenters. The molecule has 0 aliphatic rings. The second-order valence-corrected chi connectivity index (χ2v) is 4.93. The summed E-state index contributed by atoms with van der Waals surface area (Å²) in [5.41, 5.74) is 3.59. The van der Waals surface area contributed by atoms with Crippen LogP contribution >= 0.6 is 0 Å². The Labute approximate surface area is 114 Å². The molecular formula is C14H23N5. The number of hydrogen-bond acceptors (Lipinski definition) is 3. The van der Waals surface area contributed by atoms with Gasteiger partial charge in [-0.25, -0.2) is 0 Å². The van der Waals surface area contributed by atoms with Gasteiger partial charge in [-0.3, -0.25) is 9.36 Å². The first-order chi connectivity index (χ1) is 9.11. The Morgan fingerprint density at radius 2 is 2.11 bits per heavy atom. The highest BCUT2D eigenvalue weighted by Gasteiger charge is 2.15. The zero-order valence-corrected chi connectivity index (χ0v) is 12.2. The number of aromatic nitrogens is 4. The third-order valence-corrected chi connectivity index (χ3v) is 3.46. The van der Waals surface area contributed by atoms with E-state index in [4.69, 9.17) is 0 Å². The maximum atomic E-state index is 4.44. The predicted octanol–water partition coefficient (Wildman–Crippen LogP) is 1.75. The Kier molecular flexibility index (Phi) is 4.37. The molecule has 1 N–H and O–H groups in total. The van der Waals surface area contributed by atoms with E-state index in [0.29, 0.717) is 6.04 Å². The number of aryl methyl sites for hydroxylation is 4. The average molecular weight is 261 g/mol. The van der Waals surface area contributed by atoms with E-state index in [9.17, 15) is 0 Å². The standard InChI is InChI=1S/C14H23N5/c1-5-15-13(14-10-11(2)17-19(14)4)7-6-12-8-9-16-18(12)3/h8-10,13,15H,5-7H2,1-4H3. The van der Waals surface area contributed by atoms with Crippen LogP contribution in [0.4, 0.5) is 0 Å². The van der Waals surface area contributed by atoms with Gasteiger partial charge in [-0.2, -0.15) is 10.2 Å². The number of hydrogen-bond donors (Lipinski definition) is 1. The smallest absolute Gasteiger partial charge is 0.0597 e. The third kappa shape index (κ3) is 3.23. The molecule has 2 heterocycles. The van der Waals surface area contributed by atoms with E-state index in [1.54, 1.807) is 0 Å². The molecule has 5 heteroatoms. The molecule has 0 saturated heterocycles. The largest absolute Gasteiger partial charge is 0.309 e. The molecule has 0 saturated carbocycles. The Bertz CT molecular complexity index is 526. The molecule has 0 aromatic carbocycles. The molecular weight excluding hydrogens is 238 g/mol. The fourth-order valence-corrected chi connectivity index (χ4v) is 2.50. The molecule has 0 fully saturated rings. The first-order valence-electron chi connectivity index (χ1n) is 6.82. The van der Waals surface area contributed by atoms with Crippen molar-refractivity contribution in [1.82, 2.24) is 24.9 Å². The van der Waals surface area contributed by atoms with Gasteiger partial charge in [0.15, 0.2) is 0 Å². The van der Waals surface area contributed by atoms with Gasteiger partial charge in [0.05, 0.1) is 11.4 Å². The maximum absolute atomic E-state index is 4.44. The van der Waals surface area contributed by atoms with Crippen LogP contribution in [0.15, 0.2) is 18.3 Å². The minimum absolute atomic E-state index is 0.339. The van der Waals surface area contributed by atoms with Crippen LogP contribution in [-0.4, -0.2) is 26.1 Å². The van der Waals surface area contributed by atoms with Gasteiger partial charge in [-0.15, -0.1) is 0 Å². The molecule has 0 aliphatic heterocycles. The molecule has 19 heavy (non-hydrogen) atoms. The molecule has 0 aliphatic carbocycles. The van der Waals surface area contributed by atoms with Crippen LogP contribution in [0.3, 0.4) is 0 Å². The van der Waals surface area contributed by atoms with Gasteiger partial charge in [-0.05, 0) is 38.4 Å². The van der Waals surface area contributed by atoms with Crippen molar-refractivity contribution in [3.05, 3.63) is 35.4 Å². The lowest BCUT2D eigenvalue weighted by Crippen LogP contribution is -2.24. The second kappa shape index (κ2) is 6.02. The molecule has 1 atom stereocenters. The molecule has 2 rings (SSSR count). The first-order valence-corrected chi connectivity index (χ1v) is 6.82. The molecule has 2 aromatic rings. The van der Waals surface area contributed by atoms with Gasteiger partial charge in [0.25, 0.3) is 0 Å². The van der Waals surface area contributed by atoms with Crippen LogP contribution in [0, 0.1) is 6.92 Å².